The minimum absolute atomic E-state index is 0.148. The first-order valence-corrected chi connectivity index (χ1v) is 4.15. The Morgan fingerprint density at radius 3 is 2.85 bits per heavy atom. The molecule has 0 aliphatic rings. The lowest BCUT2D eigenvalue weighted by Gasteiger charge is -2.03. The third-order valence-electron chi connectivity index (χ3n) is 1.21. The molecule has 0 fully saturated rings. The van der Waals surface area contributed by atoms with Crippen LogP contribution in [0.4, 0.5) is 11.9 Å². The second-order valence-corrected chi connectivity index (χ2v) is 2.56. The largest absolute Gasteiger partial charge is 0.368 e. The van der Waals surface area contributed by atoms with Gasteiger partial charge >= 0.3 is 0 Å². The maximum absolute atomic E-state index is 5.52. The minimum Gasteiger partial charge on any atom is -0.368 e. The molecule has 3 N–H and O–H groups in total. The van der Waals surface area contributed by atoms with Crippen LogP contribution in [0.15, 0.2) is 0 Å². The maximum atomic E-state index is 5.52. The van der Waals surface area contributed by atoms with E-state index in [1.54, 1.807) is 0 Å². The van der Waals surface area contributed by atoms with E-state index >= 15 is 0 Å². The fourth-order valence-electron chi connectivity index (χ4n) is 0.771. The molecule has 1 aromatic heterocycles. The molecule has 0 saturated carbocycles. The van der Waals surface area contributed by atoms with Gasteiger partial charge in [0.05, 0.1) is 7.11 Å². The molecule has 0 aromatic carbocycles. The van der Waals surface area contributed by atoms with Gasteiger partial charge in [-0.05, 0) is 0 Å². The average molecular weight is 204 g/mol. The van der Waals surface area contributed by atoms with E-state index in [0.717, 1.165) is 0 Å². The van der Waals surface area contributed by atoms with Crippen molar-refractivity contribution < 1.29 is 4.84 Å². The number of hydrogen-bond donors (Lipinski definition) is 2. The molecular weight excluding hydrogens is 194 g/mol. The highest BCUT2D eigenvalue weighted by atomic mass is 35.5. The van der Waals surface area contributed by atoms with Crippen LogP contribution in [0, 0.1) is 0 Å². The number of nitrogens with zero attached hydrogens (tertiary/aromatic N) is 3. The summed E-state index contributed by atoms with van der Waals surface area (Å²) >= 11 is 5.52. The van der Waals surface area contributed by atoms with E-state index in [1.165, 1.54) is 7.11 Å². The van der Waals surface area contributed by atoms with Crippen molar-refractivity contribution in [3.63, 3.8) is 0 Å². The zero-order valence-electron chi connectivity index (χ0n) is 7.12. The molecular formula is C6H10ClN5O. The van der Waals surface area contributed by atoms with Gasteiger partial charge in [-0.15, -0.1) is 11.6 Å². The van der Waals surface area contributed by atoms with Crippen LogP contribution in [0.5, 0.6) is 0 Å². The quantitative estimate of drug-likeness (QED) is 0.538. The first kappa shape index (κ1) is 9.94. The Hall–Kier alpha value is -1.14. The minimum atomic E-state index is 0.148. The molecule has 1 heterocycles. The van der Waals surface area contributed by atoms with Crippen LogP contribution in [0.3, 0.4) is 0 Å². The van der Waals surface area contributed by atoms with E-state index in [-0.39, 0.29) is 11.9 Å². The highest BCUT2D eigenvalue weighted by molar-refractivity contribution is 6.17. The first-order chi connectivity index (χ1) is 6.26. The molecule has 1 rings (SSSR count). The molecule has 6 nitrogen and oxygen atoms in total. The van der Waals surface area contributed by atoms with Crippen LogP contribution in [-0.2, 0) is 11.3 Å². The van der Waals surface area contributed by atoms with E-state index in [9.17, 15) is 0 Å². The number of anilines is 2. The number of aryl methyl sites for hydroxylation is 1. The standard InChI is InChI=1S/C6H10ClN5O/c1-13-12-6-10-4(2-3-7)9-5(8)11-6/h2-3H2,1H3,(H3,8,9,10,11,12). The number of halogens is 1. The lowest BCUT2D eigenvalue weighted by Crippen LogP contribution is -2.09. The molecule has 0 unspecified atom stereocenters. The Labute approximate surface area is 80.4 Å². The van der Waals surface area contributed by atoms with Gasteiger partial charge < -0.3 is 5.73 Å². The summed E-state index contributed by atoms with van der Waals surface area (Å²) in [4.78, 5) is 16.3. The number of hydrogen-bond acceptors (Lipinski definition) is 6. The third-order valence-corrected chi connectivity index (χ3v) is 1.40. The highest BCUT2D eigenvalue weighted by Crippen LogP contribution is 2.03. The summed E-state index contributed by atoms with van der Waals surface area (Å²) in [6, 6.07) is 0. The Bertz CT molecular complexity index is 257. The first-order valence-electron chi connectivity index (χ1n) is 3.61. The summed E-state index contributed by atoms with van der Waals surface area (Å²) in [5, 5.41) is 0. The van der Waals surface area contributed by atoms with Crippen LogP contribution in [0.1, 0.15) is 5.82 Å². The van der Waals surface area contributed by atoms with Gasteiger partial charge in [0.1, 0.15) is 5.82 Å². The van der Waals surface area contributed by atoms with Crippen molar-refractivity contribution in [1.29, 1.82) is 0 Å². The van der Waals surface area contributed by atoms with Gasteiger partial charge in [-0.2, -0.15) is 15.0 Å². The molecule has 0 aliphatic carbocycles. The molecule has 1 aromatic rings. The van der Waals surface area contributed by atoms with Crippen LogP contribution in [0.2, 0.25) is 0 Å². The van der Waals surface area contributed by atoms with E-state index in [1.807, 2.05) is 0 Å². The smallest absolute Gasteiger partial charge is 0.252 e. The summed E-state index contributed by atoms with van der Waals surface area (Å²) in [6.45, 7) is 0. The molecule has 0 amide bonds. The normalized spacial score (nSPS) is 10.0. The summed E-state index contributed by atoms with van der Waals surface area (Å²) in [5.41, 5.74) is 7.88. The number of nitrogens with one attached hydrogen (secondary N) is 1. The van der Waals surface area contributed by atoms with Crippen LogP contribution >= 0.6 is 11.6 Å². The zero-order valence-corrected chi connectivity index (χ0v) is 7.88. The SMILES string of the molecule is CONc1nc(N)nc(CCCl)n1. The lowest BCUT2D eigenvalue weighted by atomic mass is 10.4. The van der Waals surface area contributed by atoms with Gasteiger partial charge in [0.25, 0.3) is 5.95 Å². The molecule has 0 spiro atoms. The van der Waals surface area contributed by atoms with Crippen molar-refractivity contribution in [1.82, 2.24) is 15.0 Å². The highest BCUT2D eigenvalue weighted by Gasteiger charge is 2.02. The van der Waals surface area contributed by atoms with Crippen molar-refractivity contribution in [2.75, 3.05) is 24.2 Å². The van der Waals surface area contributed by atoms with E-state index < -0.39 is 0 Å². The lowest BCUT2D eigenvalue weighted by molar-refractivity contribution is 0.266. The summed E-state index contributed by atoms with van der Waals surface area (Å²) < 4.78 is 0. The van der Waals surface area contributed by atoms with Crippen molar-refractivity contribution in [2.24, 2.45) is 0 Å². The molecule has 0 atom stereocenters. The Kier molecular flexibility index (Phi) is 3.66. The molecule has 7 heteroatoms. The van der Waals surface area contributed by atoms with Crippen molar-refractivity contribution in [3.8, 4) is 0 Å². The van der Waals surface area contributed by atoms with Crippen LogP contribution in [0.25, 0.3) is 0 Å². The third kappa shape index (κ3) is 3.00. The average Bonchev–Trinajstić information content (AvgIpc) is 2.04. The predicted molar refractivity (Wildman–Crippen MR) is 49.3 cm³/mol. The predicted octanol–water partition coefficient (Wildman–Crippen LogP) is 0.208. The van der Waals surface area contributed by atoms with Crippen molar-refractivity contribution in [2.45, 2.75) is 6.42 Å². The van der Waals surface area contributed by atoms with Crippen molar-refractivity contribution in [3.05, 3.63) is 5.82 Å². The summed E-state index contributed by atoms with van der Waals surface area (Å²) in [6.07, 6.45) is 0.548. The monoisotopic (exact) mass is 203 g/mol. The number of aromatic nitrogens is 3. The second kappa shape index (κ2) is 4.78. The topological polar surface area (TPSA) is 86.0 Å². The van der Waals surface area contributed by atoms with Gasteiger partial charge in [0.15, 0.2) is 0 Å². The van der Waals surface area contributed by atoms with Gasteiger partial charge in [-0.25, -0.2) is 5.48 Å². The number of nitrogens with two attached hydrogens (primary N) is 1. The fraction of sp³-hybridized carbons (Fsp3) is 0.500. The Morgan fingerprint density at radius 2 is 2.23 bits per heavy atom. The number of alkyl halides is 1. The summed E-state index contributed by atoms with van der Waals surface area (Å²) in [7, 11) is 1.46. The zero-order chi connectivity index (χ0) is 9.68. The molecule has 0 aliphatic heterocycles. The van der Waals surface area contributed by atoms with E-state index in [0.29, 0.717) is 18.1 Å². The van der Waals surface area contributed by atoms with Crippen LogP contribution < -0.4 is 11.2 Å². The maximum Gasteiger partial charge on any atom is 0.252 e. The molecule has 0 bridgehead atoms. The van der Waals surface area contributed by atoms with E-state index in [2.05, 4.69) is 25.3 Å². The van der Waals surface area contributed by atoms with E-state index in [4.69, 9.17) is 17.3 Å². The Balaban J connectivity index is 2.83. The van der Waals surface area contributed by atoms with Gasteiger partial charge in [-0.3, -0.25) is 4.84 Å². The Morgan fingerprint density at radius 1 is 1.46 bits per heavy atom. The number of nitrogen functional groups attached to an aromatic ring is 1. The van der Waals surface area contributed by atoms with Crippen LogP contribution in [-0.4, -0.2) is 27.9 Å². The molecule has 0 saturated heterocycles. The fourth-order valence-corrected chi connectivity index (χ4v) is 0.940. The summed E-state index contributed by atoms with van der Waals surface area (Å²) in [5.74, 6) is 1.42. The molecule has 0 radical (unpaired) electrons. The van der Waals surface area contributed by atoms with Gasteiger partial charge in [-0.1, -0.05) is 0 Å². The second-order valence-electron chi connectivity index (χ2n) is 2.18. The van der Waals surface area contributed by atoms with Gasteiger partial charge in [0.2, 0.25) is 5.95 Å². The van der Waals surface area contributed by atoms with Gasteiger partial charge in [0, 0.05) is 12.3 Å². The van der Waals surface area contributed by atoms with Crippen molar-refractivity contribution >= 4 is 23.5 Å². The molecule has 13 heavy (non-hydrogen) atoms. The number of rotatable bonds is 4. The molecule has 72 valence electrons.